The molecule has 0 fully saturated rings. The number of carboxylic acids is 1. The minimum absolute atomic E-state index is 0.0483. The summed E-state index contributed by atoms with van der Waals surface area (Å²) in [6.45, 7) is 2.05. The molecule has 1 aromatic carbocycles. The number of carbonyl (C=O) groups is 2. The first-order valence-electron chi connectivity index (χ1n) is 6.88. The minimum atomic E-state index is -0.836. The van der Waals surface area contributed by atoms with E-state index in [4.69, 9.17) is 5.11 Å². The van der Waals surface area contributed by atoms with Gasteiger partial charge in [-0.25, -0.2) is 0 Å². The van der Waals surface area contributed by atoms with Crippen LogP contribution in [0.3, 0.4) is 0 Å². The van der Waals surface area contributed by atoms with Crippen molar-refractivity contribution in [2.24, 2.45) is 5.92 Å². The highest BCUT2D eigenvalue weighted by atomic mass is 32.2. The van der Waals surface area contributed by atoms with Gasteiger partial charge in [0.15, 0.2) is 0 Å². The van der Waals surface area contributed by atoms with Crippen molar-refractivity contribution < 1.29 is 14.7 Å². The van der Waals surface area contributed by atoms with Crippen molar-refractivity contribution in [3.8, 4) is 0 Å². The summed E-state index contributed by atoms with van der Waals surface area (Å²) in [4.78, 5) is 22.6. The van der Waals surface area contributed by atoms with E-state index in [1.54, 1.807) is 23.9 Å². The first kappa shape index (κ1) is 15.6. The van der Waals surface area contributed by atoms with Gasteiger partial charge in [0.2, 0.25) is 5.91 Å². The SMILES string of the molecule is Cc1ccc(CSCC(=O)NC2C=CC(C(=O)O)C2)cc1. The Kier molecular flexibility index (Phi) is 5.44. The number of hydrogen-bond acceptors (Lipinski definition) is 3. The third-order valence-electron chi connectivity index (χ3n) is 3.37. The van der Waals surface area contributed by atoms with Crippen LogP contribution in [0.15, 0.2) is 36.4 Å². The molecule has 0 saturated heterocycles. The molecule has 5 heteroatoms. The van der Waals surface area contributed by atoms with Crippen molar-refractivity contribution >= 4 is 23.6 Å². The summed E-state index contributed by atoms with van der Waals surface area (Å²) in [7, 11) is 0. The fraction of sp³-hybridized carbons (Fsp3) is 0.375. The van der Waals surface area contributed by atoms with Crippen LogP contribution < -0.4 is 5.32 Å². The van der Waals surface area contributed by atoms with Crippen LogP contribution in [-0.2, 0) is 15.3 Å². The number of rotatable bonds is 6. The predicted molar refractivity (Wildman–Crippen MR) is 84.2 cm³/mol. The summed E-state index contributed by atoms with van der Waals surface area (Å²) in [6.07, 6.45) is 3.86. The lowest BCUT2D eigenvalue weighted by Gasteiger charge is -2.12. The highest BCUT2D eigenvalue weighted by Gasteiger charge is 2.25. The summed E-state index contributed by atoms with van der Waals surface area (Å²) >= 11 is 1.56. The van der Waals surface area contributed by atoms with Gasteiger partial charge in [-0.05, 0) is 18.9 Å². The second-order valence-electron chi connectivity index (χ2n) is 5.22. The van der Waals surface area contributed by atoms with Crippen LogP contribution in [0, 0.1) is 12.8 Å². The molecule has 0 aromatic heterocycles. The Balaban J connectivity index is 1.67. The van der Waals surface area contributed by atoms with Gasteiger partial charge in [-0.3, -0.25) is 9.59 Å². The highest BCUT2D eigenvalue weighted by molar-refractivity contribution is 7.99. The Bertz CT molecular complexity index is 539. The maximum atomic E-state index is 11.8. The molecule has 112 valence electrons. The quantitative estimate of drug-likeness (QED) is 0.792. The van der Waals surface area contributed by atoms with E-state index in [1.165, 1.54) is 11.1 Å². The van der Waals surface area contributed by atoms with Crippen LogP contribution in [0.5, 0.6) is 0 Å². The highest BCUT2D eigenvalue weighted by Crippen LogP contribution is 2.18. The lowest BCUT2D eigenvalue weighted by atomic mass is 10.1. The summed E-state index contributed by atoms with van der Waals surface area (Å²) in [5.74, 6) is -0.179. The first-order chi connectivity index (χ1) is 10.0. The number of hydrogen-bond donors (Lipinski definition) is 2. The number of aryl methyl sites for hydroxylation is 1. The van der Waals surface area contributed by atoms with Crippen molar-refractivity contribution in [1.82, 2.24) is 5.32 Å². The van der Waals surface area contributed by atoms with Crippen LogP contribution >= 0.6 is 11.8 Å². The number of carbonyl (C=O) groups excluding carboxylic acids is 1. The molecular weight excluding hydrogens is 286 g/mol. The third-order valence-corrected chi connectivity index (χ3v) is 4.37. The summed E-state index contributed by atoms with van der Waals surface area (Å²) < 4.78 is 0. The van der Waals surface area contributed by atoms with Crippen molar-refractivity contribution in [3.05, 3.63) is 47.5 Å². The van der Waals surface area contributed by atoms with Gasteiger partial charge in [0.1, 0.15) is 0 Å². The summed E-state index contributed by atoms with van der Waals surface area (Å²) in [6, 6.07) is 8.10. The third kappa shape index (κ3) is 4.93. The molecule has 0 aliphatic heterocycles. The topological polar surface area (TPSA) is 66.4 Å². The molecule has 21 heavy (non-hydrogen) atoms. The van der Waals surface area contributed by atoms with Gasteiger partial charge in [0, 0.05) is 11.8 Å². The van der Waals surface area contributed by atoms with Crippen molar-refractivity contribution in [3.63, 3.8) is 0 Å². The predicted octanol–water partition coefficient (Wildman–Crippen LogP) is 2.37. The normalized spacial score (nSPS) is 20.4. The van der Waals surface area contributed by atoms with Gasteiger partial charge in [-0.2, -0.15) is 0 Å². The zero-order chi connectivity index (χ0) is 15.2. The molecule has 0 heterocycles. The maximum Gasteiger partial charge on any atom is 0.310 e. The smallest absolute Gasteiger partial charge is 0.310 e. The van der Waals surface area contributed by atoms with E-state index >= 15 is 0 Å². The van der Waals surface area contributed by atoms with E-state index in [1.807, 2.05) is 6.92 Å². The number of carboxylic acid groups (broad SMARTS) is 1. The second-order valence-corrected chi connectivity index (χ2v) is 6.20. The number of amides is 1. The van der Waals surface area contributed by atoms with Crippen molar-refractivity contribution in [1.29, 1.82) is 0 Å². The Morgan fingerprint density at radius 3 is 2.62 bits per heavy atom. The van der Waals surface area contributed by atoms with Crippen LogP contribution in [-0.4, -0.2) is 28.8 Å². The molecule has 0 bridgehead atoms. The Labute approximate surface area is 128 Å². The van der Waals surface area contributed by atoms with Gasteiger partial charge >= 0.3 is 5.97 Å². The molecule has 1 aliphatic rings. The van der Waals surface area contributed by atoms with E-state index in [9.17, 15) is 9.59 Å². The van der Waals surface area contributed by atoms with Gasteiger partial charge in [0.05, 0.1) is 11.7 Å². The van der Waals surface area contributed by atoms with Crippen LogP contribution in [0.1, 0.15) is 17.5 Å². The monoisotopic (exact) mass is 305 g/mol. The Hall–Kier alpha value is -1.75. The van der Waals surface area contributed by atoms with Crippen molar-refractivity contribution in [2.75, 3.05) is 5.75 Å². The maximum absolute atomic E-state index is 11.8. The number of benzene rings is 1. The molecule has 2 rings (SSSR count). The number of thioether (sulfide) groups is 1. The van der Waals surface area contributed by atoms with Gasteiger partial charge in [0.25, 0.3) is 0 Å². The number of aliphatic carboxylic acids is 1. The molecule has 1 aromatic rings. The van der Waals surface area contributed by atoms with E-state index in [-0.39, 0.29) is 11.9 Å². The van der Waals surface area contributed by atoms with E-state index in [0.29, 0.717) is 12.2 Å². The average Bonchev–Trinajstić information content (AvgIpc) is 2.90. The summed E-state index contributed by atoms with van der Waals surface area (Å²) in [5, 5.41) is 11.7. The molecule has 0 saturated carbocycles. The fourth-order valence-electron chi connectivity index (χ4n) is 2.18. The Morgan fingerprint density at radius 1 is 1.29 bits per heavy atom. The van der Waals surface area contributed by atoms with Crippen LogP contribution in [0.2, 0.25) is 0 Å². The van der Waals surface area contributed by atoms with Gasteiger partial charge in [-0.15, -0.1) is 11.8 Å². The van der Waals surface area contributed by atoms with Crippen LogP contribution in [0.4, 0.5) is 0 Å². The molecule has 0 spiro atoms. The summed E-state index contributed by atoms with van der Waals surface area (Å²) in [5.41, 5.74) is 2.42. The average molecular weight is 305 g/mol. The lowest BCUT2D eigenvalue weighted by Crippen LogP contribution is -2.34. The fourth-order valence-corrected chi connectivity index (χ4v) is 2.98. The molecule has 2 N–H and O–H groups in total. The minimum Gasteiger partial charge on any atom is -0.481 e. The molecule has 2 atom stereocenters. The number of nitrogens with one attached hydrogen (secondary N) is 1. The molecule has 1 aliphatic carbocycles. The zero-order valence-electron chi connectivity index (χ0n) is 11.9. The van der Waals surface area contributed by atoms with Gasteiger partial charge < -0.3 is 10.4 Å². The largest absolute Gasteiger partial charge is 0.481 e. The molecule has 0 radical (unpaired) electrons. The second kappa shape index (κ2) is 7.31. The zero-order valence-corrected chi connectivity index (χ0v) is 12.7. The van der Waals surface area contributed by atoms with Crippen LogP contribution in [0.25, 0.3) is 0 Å². The molecule has 2 unspecified atom stereocenters. The Morgan fingerprint density at radius 2 is 2.00 bits per heavy atom. The molecular formula is C16H19NO3S. The first-order valence-corrected chi connectivity index (χ1v) is 8.04. The lowest BCUT2D eigenvalue weighted by molar-refractivity contribution is -0.140. The van der Waals surface area contributed by atoms with Crippen molar-refractivity contribution in [2.45, 2.75) is 25.1 Å². The molecule has 4 nitrogen and oxygen atoms in total. The molecule has 1 amide bonds. The van der Waals surface area contributed by atoms with E-state index < -0.39 is 11.9 Å². The van der Waals surface area contributed by atoms with E-state index in [2.05, 4.69) is 29.6 Å². The van der Waals surface area contributed by atoms with E-state index in [0.717, 1.165) is 5.75 Å². The van der Waals surface area contributed by atoms with Gasteiger partial charge in [-0.1, -0.05) is 42.0 Å². The standard InChI is InChI=1S/C16H19NO3S/c1-11-2-4-12(5-3-11)9-21-10-15(18)17-14-7-6-13(8-14)16(19)20/h2-7,13-14H,8-10H2,1H3,(H,17,18)(H,19,20).